The molecule has 0 heterocycles. The van der Waals surface area contributed by atoms with Crippen molar-refractivity contribution in [3.63, 3.8) is 0 Å². The molecule has 0 saturated heterocycles. The Hall–Kier alpha value is 1.60. The van der Waals surface area contributed by atoms with Gasteiger partial charge in [-0.3, -0.25) is 0 Å². The van der Waals surface area contributed by atoms with Gasteiger partial charge in [0.2, 0.25) is 0 Å². The van der Waals surface area contributed by atoms with Crippen molar-refractivity contribution >= 4 is 36.2 Å². The predicted octanol–water partition coefficient (Wildman–Crippen LogP) is -2.66. The minimum absolute atomic E-state index is 0. The van der Waals surface area contributed by atoms with Crippen molar-refractivity contribution in [2.45, 2.75) is 0 Å². The van der Waals surface area contributed by atoms with E-state index in [-0.39, 0.29) is 58.5 Å². The first-order chi connectivity index (χ1) is 0. The predicted molar refractivity (Wildman–Crippen MR) is 20.7 cm³/mol. The molecule has 0 aromatic carbocycles. The van der Waals surface area contributed by atoms with E-state index >= 15 is 0 Å². The molecule has 4 heteroatoms. The van der Waals surface area contributed by atoms with E-state index < -0.39 is 0 Å². The zero-order chi connectivity index (χ0) is 0. The quantitative estimate of drug-likeness (QED) is 0.308. The van der Waals surface area contributed by atoms with Crippen LogP contribution < -0.4 is 0 Å². The van der Waals surface area contributed by atoms with Crippen LogP contribution in [0.2, 0.25) is 0 Å². The molecule has 0 rings (SSSR count). The Labute approximate surface area is 58.3 Å². The molecule has 0 aliphatic heterocycles. The van der Waals surface area contributed by atoms with E-state index in [0.717, 1.165) is 0 Å². The molecule has 4 heavy (non-hydrogen) atoms. The Morgan fingerprint density at radius 2 is 1.00 bits per heavy atom. The fourth-order valence-electron chi connectivity index (χ4n) is 0. The van der Waals surface area contributed by atoms with Crippen molar-refractivity contribution in [3.8, 4) is 0 Å². The Kier molecular flexibility index (Phi) is 271. The maximum absolute atomic E-state index is 0. The summed E-state index contributed by atoms with van der Waals surface area (Å²) in [6.07, 6.45) is 0. The molecule has 0 bridgehead atoms. The average Bonchev–Trinajstić information content (AvgIpc) is 0. The van der Waals surface area contributed by atoms with Gasteiger partial charge in [-0.25, -0.2) is 0 Å². The fraction of sp³-hybridized carbons (Fsp3) is 0. The van der Waals surface area contributed by atoms with E-state index in [9.17, 15) is 0 Å². The van der Waals surface area contributed by atoms with Crippen molar-refractivity contribution in [2.75, 3.05) is 0 Å². The Morgan fingerprint density at radius 3 is 1.00 bits per heavy atom. The summed E-state index contributed by atoms with van der Waals surface area (Å²) in [4.78, 5) is 0. The van der Waals surface area contributed by atoms with Gasteiger partial charge in [0.05, 0.1) is 0 Å². The average molecular weight is 115 g/mol. The van der Waals surface area contributed by atoms with Gasteiger partial charge in [0.1, 0.15) is 0 Å². The summed E-state index contributed by atoms with van der Waals surface area (Å²) < 4.78 is 0. The second-order valence-corrected chi connectivity index (χ2v) is 0. The summed E-state index contributed by atoms with van der Waals surface area (Å²) in [6.45, 7) is 0. The summed E-state index contributed by atoms with van der Waals surface area (Å²) >= 11 is 0. The molecule has 0 unspecified atom stereocenters. The zero-order valence-electron chi connectivity index (χ0n) is 0.833. The number of hydrogen-bond acceptors (Lipinski definition) is 0. The van der Waals surface area contributed by atoms with Gasteiger partial charge in [-0.1, -0.05) is 0 Å². The van der Waals surface area contributed by atoms with Crippen LogP contribution in [-0.4, -0.2) is 41.7 Å². The normalized spacial score (nSPS) is 0. The molecule has 0 aromatic rings. The first-order valence-electron chi connectivity index (χ1n) is 0. The topological polar surface area (TPSA) is 31.5 Å². The molecule has 0 fully saturated rings. The van der Waals surface area contributed by atoms with Gasteiger partial charge < -0.3 is 5.48 Å². The minimum atomic E-state index is 0. The maximum atomic E-state index is 0. The third-order valence-corrected chi connectivity index (χ3v) is 0. The van der Waals surface area contributed by atoms with Crippen molar-refractivity contribution in [2.24, 2.45) is 0 Å². The molecule has 1 nitrogen and oxygen atoms in total. The number of rotatable bonds is 0. The SMILES string of the molecule is O.[AlH3].[Co].[LiH]. The second-order valence-electron chi connectivity index (χ2n) is 0. The molecule has 1 radical (unpaired) electrons. The number of hydrogen-bond donors (Lipinski definition) is 0. The molecule has 0 amide bonds. The second kappa shape index (κ2) is 23.3. The van der Waals surface area contributed by atoms with Crippen LogP contribution in [-0.2, 0) is 16.8 Å². The standard InChI is InChI=1S/Al.Co.Li.H2O.4H/h;;;1H2;;;;. The van der Waals surface area contributed by atoms with Crippen LogP contribution in [0.1, 0.15) is 0 Å². The van der Waals surface area contributed by atoms with Crippen LogP contribution in [0.15, 0.2) is 0 Å². The summed E-state index contributed by atoms with van der Waals surface area (Å²) in [5, 5.41) is 0. The van der Waals surface area contributed by atoms with Crippen LogP contribution in [0.3, 0.4) is 0 Å². The monoisotopic (exact) mass is 115 g/mol. The fourth-order valence-corrected chi connectivity index (χ4v) is 0. The Morgan fingerprint density at radius 1 is 1.00 bits per heavy atom. The van der Waals surface area contributed by atoms with Gasteiger partial charge in [0.25, 0.3) is 0 Å². The van der Waals surface area contributed by atoms with E-state index in [2.05, 4.69) is 0 Å². The molecule has 0 aliphatic rings. The van der Waals surface area contributed by atoms with Gasteiger partial charge in [0, 0.05) is 16.8 Å². The van der Waals surface area contributed by atoms with Gasteiger partial charge in [0.15, 0.2) is 17.4 Å². The van der Waals surface area contributed by atoms with Gasteiger partial charge in [-0.15, -0.1) is 0 Å². The van der Waals surface area contributed by atoms with Crippen LogP contribution in [0, 0.1) is 0 Å². The molecular weight excluding hydrogens is 109 g/mol. The summed E-state index contributed by atoms with van der Waals surface area (Å²) in [5.74, 6) is 0. The molecular formula is H6AlCoLiO. The van der Waals surface area contributed by atoms with Gasteiger partial charge in [-0.05, 0) is 0 Å². The van der Waals surface area contributed by atoms with Crippen molar-refractivity contribution < 1.29 is 22.3 Å². The Bertz CT molecular complexity index is 8.00. The van der Waals surface area contributed by atoms with E-state index in [4.69, 9.17) is 0 Å². The molecule has 0 spiro atoms. The molecule has 0 saturated carbocycles. The summed E-state index contributed by atoms with van der Waals surface area (Å²) in [7, 11) is 0. The zero-order valence-corrected chi connectivity index (χ0v) is 1.87. The van der Waals surface area contributed by atoms with E-state index in [1.54, 1.807) is 0 Å². The van der Waals surface area contributed by atoms with E-state index in [1.807, 2.05) is 0 Å². The third kappa shape index (κ3) is 9.51. The van der Waals surface area contributed by atoms with E-state index in [0.29, 0.717) is 0 Å². The van der Waals surface area contributed by atoms with Crippen LogP contribution >= 0.6 is 0 Å². The first-order valence-corrected chi connectivity index (χ1v) is 0. The van der Waals surface area contributed by atoms with Crippen LogP contribution in [0.5, 0.6) is 0 Å². The molecule has 0 atom stereocenters. The Balaban J connectivity index is 0. The van der Waals surface area contributed by atoms with Crippen molar-refractivity contribution in [1.82, 2.24) is 0 Å². The van der Waals surface area contributed by atoms with Gasteiger partial charge >= 0.3 is 18.9 Å². The third-order valence-electron chi connectivity index (χ3n) is 0. The van der Waals surface area contributed by atoms with Crippen LogP contribution in [0.25, 0.3) is 0 Å². The summed E-state index contributed by atoms with van der Waals surface area (Å²) in [6, 6.07) is 0. The van der Waals surface area contributed by atoms with Crippen molar-refractivity contribution in [3.05, 3.63) is 0 Å². The molecule has 2 N–H and O–H groups in total. The van der Waals surface area contributed by atoms with E-state index in [1.165, 1.54) is 0 Å². The van der Waals surface area contributed by atoms with Crippen LogP contribution in [0.4, 0.5) is 0 Å². The first kappa shape index (κ1) is 46.4. The molecule has 25 valence electrons. The summed E-state index contributed by atoms with van der Waals surface area (Å²) in [5.41, 5.74) is 0. The van der Waals surface area contributed by atoms with Crippen molar-refractivity contribution in [1.29, 1.82) is 0 Å². The van der Waals surface area contributed by atoms with Gasteiger partial charge in [-0.2, -0.15) is 0 Å². The molecule has 0 aliphatic carbocycles. The molecule has 0 aromatic heterocycles.